The van der Waals surface area contributed by atoms with Crippen LogP contribution in [0, 0.1) is 12.3 Å². The Hall–Kier alpha value is -4.15. The van der Waals surface area contributed by atoms with Gasteiger partial charge in [-0.15, -0.1) is 0 Å². The number of alkyl halides is 2. The van der Waals surface area contributed by atoms with E-state index in [2.05, 4.69) is 25.2 Å². The smallest absolute Gasteiger partial charge is 0.277 e. The number of nitrogens with zero attached hydrogens (tertiary/aromatic N) is 6. The Morgan fingerprint density at radius 3 is 2.11 bits per heavy atom. The monoisotopic (exact) mass is 757 g/mol. The molecule has 1 saturated carbocycles. The molecule has 3 aliphatic rings. The van der Waals surface area contributed by atoms with Gasteiger partial charge in [-0.05, 0) is 74.3 Å². The summed E-state index contributed by atoms with van der Waals surface area (Å²) in [5.74, 6) is -1.87. The van der Waals surface area contributed by atoms with Crippen molar-refractivity contribution in [2.75, 3.05) is 68.4 Å². The van der Waals surface area contributed by atoms with Gasteiger partial charge in [-0.1, -0.05) is 0 Å². The zero-order chi connectivity index (χ0) is 38.0. The van der Waals surface area contributed by atoms with Crippen molar-refractivity contribution < 1.29 is 36.2 Å². The van der Waals surface area contributed by atoms with Crippen LogP contribution in [0.25, 0.3) is 0 Å². The lowest BCUT2D eigenvalue weighted by Crippen LogP contribution is -2.40. The molecule has 1 N–H and O–H groups in total. The highest BCUT2D eigenvalue weighted by atomic mass is 32.2. The molecule has 1 spiro atoms. The molecule has 53 heavy (non-hydrogen) atoms. The number of benzene rings is 1. The molecule has 16 heteroatoms. The Balaban J connectivity index is 1.30. The summed E-state index contributed by atoms with van der Waals surface area (Å²) in [7, 11) is 0.683. The van der Waals surface area contributed by atoms with Gasteiger partial charge in [0.15, 0.2) is 5.69 Å². The van der Waals surface area contributed by atoms with Gasteiger partial charge in [-0.3, -0.25) is 4.79 Å². The second kappa shape index (κ2) is 15.7. The molecule has 0 radical (unpaired) electrons. The number of halogens is 2. The molecule has 13 nitrogen and oxygen atoms in total. The largest absolute Gasteiger partial charge is 0.497 e. The lowest BCUT2D eigenvalue weighted by atomic mass is 9.93. The predicted molar refractivity (Wildman–Crippen MR) is 198 cm³/mol. The molecule has 288 valence electrons. The summed E-state index contributed by atoms with van der Waals surface area (Å²) in [6.45, 7) is 5.16. The average molecular weight is 758 g/mol. The summed E-state index contributed by atoms with van der Waals surface area (Å²) in [5.41, 5.74) is 3.00. The van der Waals surface area contributed by atoms with Crippen molar-refractivity contribution in [2.24, 2.45) is 5.41 Å². The molecular weight excluding hydrogens is 709 g/mol. The minimum Gasteiger partial charge on any atom is -0.497 e. The summed E-state index contributed by atoms with van der Waals surface area (Å²) in [4.78, 5) is 31.5. The van der Waals surface area contributed by atoms with E-state index in [0.29, 0.717) is 39.4 Å². The van der Waals surface area contributed by atoms with E-state index in [1.165, 1.54) is 44.7 Å². The van der Waals surface area contributed by atoms with Crippen LogP contribution in [0.4, 0.5) is 26.2 Å². The summed E-state index contributed by atoms with van der Waals surface area (Å²) in [5, 5.41) is 2.87. The molecule has 1 amide bonds. The highest BCUT2D eigenvalue weighted by Gasteiger charge is 2.45. The summed E-state index contributed by atoms with van der Waals surface area (Å²) in [6.07, 6.45) is 4.80. The van der Waals surface area contributed by atoms with E-state index in [4.69, 9.17) is 14.2 Å². The zero-order valence-corrected chi connectivity index (χ0v) is 31.8. The third-order valence-electron chi connectivity index (χ3n) is 10.5. The van der Waals surface area contributed by atoms with E-state index < -0.39 is 28.0 Å². The van der Waals surface area contributed by atoms with Crippen molar-refractivity contribution in [3.63, 3.8) is 0 Å². The number of hydrogen-bond acceptors (Lipinski definition) is 11. The van der Waals surface area contributed by atoms with Crippen molar-refractivity contribution in [3.8, 4) is 11.5 Å². The van der Waals surface area contributed by atoms with Crippen molar-refractivity contribution in [2.45, 2.75) is 77.5 Å². The lowest BCUT2D eigenvalue weighted by Gasteiger charge is -2.35. The highest BCUT2D eigenvalue weighted by molar-refractivity contribution is 7.89. The normalized spacial score (nSPS) is 18.6. The molecule has 6 rings (SSSR count). The molecule has 2 aliphatic heterocycles. The Bertz CT molecular complexity index is 1870. The number of piperidine rings is 2. The lowest BCUT2D eigenvalue weighted by molar-refractivity contribution is -0.0222. The zero-order valence-electron chi connectivity index (χ0n) is 31.0. The topological polar surface area (TPSA) is 139 Å². The minimum absolute atomic E-state index is 0.0126. The number of carbonyl (C=O) groups is 1. The third kappa shape index (κ3) is 9.51. The molecule has 0 bridgehead atoms. The number of aromatic nitrogens is 3. The van der Waals surface area contributed by atoms with E-state index in [0.717, 1.165) is 25.9 Å². The van der Waals surface area contributed by atoms with Gasteiger partial charge in [0.2, 0.25) is 16.0 Å². The van der Waals surface area contributed by atoms with Crippen LogP contribution >= 0.6 is 0 Å². The first-order chi connectivity index (χ1) is 25.2. The quantitative estimate of drug-likeness (QED) is 0.225. The number of aryl methyl sites for hydroxylation is 1. The number of nitrogens with one attached hydrogen (secondary N) is 1. The van der Waals surface area contributed by atoms with Crippen molar-refractivity contribution >= 4 is 33.4 Å². The Morgan fingerprint density at radius 1 is 0.887 bits per heavy atom. The maximum absolute atomic E-state index is 14.0. The van der Waals surface area contributed by atoms with Crippen LogP contribution in [0.1, 0.15) is 72.8 Å². The number of amides is 1. The van der Waals surface area contributed by atoms with Gasteiger partial charge < -0.3 is 29.3 Å². The molecule has 2 saturated heterocycles. The van der Waals surface area contributed by atoms with Gasteiger partial charge >= 0.3 is 0 Å². The Morgan fingerprint density at radius 2 is 1.51 bits per heavy atom. The summed E-state index contributed by atoms with van der Waals surface area (Å²) < 4.78 is 73.1. The van der Waals surface area contributed by atoms with E-state index in [-0.39, 0.29) is 62.2 Å². The predicted octanol–water partition coefficient (Wildman–Crippen LogP) is 5.43. The first-order valence-electron chi connectivity index (χ1n) is 18.0. The van der Waals surface area contributed by atoms with E-state index in [1.54, 1.807) is 43.0 Å². The number of sulfonamides is 1. The van der Waals surface area contributed by atoms with Crippen LogP contribution in [0.2, 0.25) is 0 Å². The SMILES string of the molecule is COc1cc(CN(Cc2cnc(C(=O)Nc3cc(C)nc(N4CCC(F)(F)CC4)n3)c(N3CCC4(CC3)CC4)c2)S(=O)(=O)CC(C)OC)cc(OC)c1. The fourth-order valence-corrected chi connectivity index (χ4v) is 8.58. The number of carbonyl (C=O) groups excluding carboxylic acids is 1. The Labute approximate surface area is 310 Å². The van der Waals surface area contributed by atoms with E-state index in [1.807, 2.05) is 6.07 Å². The van der Waals surface area contributed by atoms with E-state index in [9.17, 15) is 22.0 Å². The number of hydrogen-bond donors (Lipinski definition) is 1. The fraction of sp³-hybridized carbons (Fsp3) is 0.568. The summed E-state index contributed by atoms with van der Waals surface area (Å²) in [6, 6.07) is 8.74. The fourth-order valence-electron chi connectivity index (χ4n) is 6.95. The maximum atomic E-state index is 14.0. The van der Waals surface area contributed by atoms with Gasteiger partial charge in [0, 0.05) is 83.2 Å². The highest BCUT2D eigenvalue weighted by Crippen LogP contribution is 2.54. The number of rotatable bonds is 14. The molecule has 1 atom stereocenters. The maximum Gasteiger partial charge on any atom is 0.277 e. The minimum atomic E-state index is -3.86. The molecule has 1 aromatic carbocycles. The van der Waals surface area contributed by atoms with Crippen LogP contribution < -0.4 is 24.6 Å². The molecule has 1 unspecified atom stereocenters. The van der Waals surface area contributed by atoms with Gasteiger partial charge in [0.05, 0.1) is 31.8 Å². The van der Waals surface area contributed by atoms with Crippen molar-refractivity contribution in [1.29, 1.82) is 0 Å². The van der Waals surface area contributed by atoms with Crippen molar-refractivity contribution in [3.05, 3.63) is 59.0 Å². The van der Waals surface area contributed by atoms with Gasteiger partial charge in [0.25, 0.3) is 11.8 Å². The average Bonchev–Trinajstić information content (AvgIpc) is 3.89. The van der Waals surface area contributed by atoms with Crippen LogP contribution in [-0.2, 0) is 27.8 Å². The second-order valence-electron chi connectivity index (χ2n) is 14.5. The summed E-state index contributed by atoms with van der Waals surface area (Å²) >= 11 is 0. The Kier molecular flexibility index (Phi) is 11.4. The van der Waals surface area contributed by atoms with Gasteiger partial charge in [-0.2, -0.15) is 9.29 Å². The molecule has 4 heterocycles. The second-order valence-corrected chi connectivity index (χ2v) is 16.5. The molecular formula is C37H49F2N7O6S. The number of methoxy groups -OCH3 is 3. The number of pyridine rings is 1. The van der Waals surface area contributed by atoms with Crippen LogP contribution in [0.3, 0.4) is 0 Å². The number of anilines is 3. The number of ether oxygens (including phenoxy) is 3. The van der Waals surface area contributed by atoms with Crippen molar-refractivity contribution in [1.82, 2.24) is 19.3 Å². The first-order valence-corrected chi connectivity index (χ1v) is 19.6. The van der Waals surface area contributed by atoms with Gasteiger partial charge in [0.1, 0.15) is 17.3 Å². The van der Waals surface area contributed by atoms with Crippen LogP contribution in [-0.4, -0.2) is 98.9 Å². The van der Waals surface area contributed by atoms with Gasteiger partial charge in [-0.25, -0.2) is 27.2 Å². The van der Waals surface area contributed by atoms with Crippen LogP contribution in [0.5, 0.6) is 11.5 Å². The molecule has 3 aromatic rings. The molecule has 2 aromatic heterocycles. The standard InChI is InChI=1S/C37H49F2N7O6S/c1-25-16-32(43-35(41-25)45-14-10-37(38,39)11-15-45)42-34(47)33-31(44-12-8-36(6-7-36)9-13-44)19-28(21-40-33)23-46(53(48,49)24-26(2)50-3)22-27-17-29(51-4)20-30(18-27)52-5/h16-21,26H,6-15,22-24H2,1-5H3,(H,41,42,43,47). The first kappa shape index (κ1) is 38.6. The van der Waals surface area contributed by atoms with E-state index >= 15 is 0 Å². The third-order valence-corrected chi connectivity index (χ3v) is 12.4. The van der Waals surface area contributed by atoms with Crippen LogP contribution in [0.15, 0.2) is 36.5 Å². The molecule has 1 aliphatic carbocycles. The molecule has 3 fully saturated rings.